The molecule has 0 heterocycles. The van der Waals surface area contributed by atoms with Crippen LogP contribution in [0.2, 0.25) is 0 Å². The van der Waals surface area contributed by atoms with Crippen molar-refractivity contribution in [3.05, 3.63) is 54.1 Å². The second-order valence-corrected chi connectivity index (χ2v) is 5.73. The molecule has 0 saturated heterocycles. The number of hydrogen-bond donors (Lipinski definition) is 2. The maximum atomic E-state index is 11.1. The normalized spacial score (nSPS) is 11.7. The van der Waals surface area contributed by atoms with Crippen molar-refractivity contribution < 1.29 is 8.42 Å². The largest absolute Gasteiger partial charge is 0.388 e. The van der Waals surface area contributed by atoms with E-state index in [9.17, 15) is 8.42 Å². The van der Waals surface area contributed by atoms with Gasteiger partial charge in [0, 0.05) is 18.9 Å². The van der Waals surface area contributed by atoms with Crippen molar-refractivity contribution in [1.82, 2.24) is 0 Å². The van der Waals surface area contributed by atoms with Gasteiger partial charge in [0.1, 0.15) is 0 Å². The zero-order valence-corrected chi connectivity index (χ0v) is 11.8. The molecule has 0 atom stereocenters. The first-order valence-electron chi connectivity index (χ1n) is 5.94. The van der Waals surface area contributed by atoms with E-state index in [-0.39, 0.29) is 4.90 Å². The Morgan fingerprint density at radius 2 is 1.65 bits per heavy atom. The van der Waals surface area contributed by atoms with Crippen molar-refractivity contribution in [3.8, 4) is 0 Å². The lowest BCUT2D eigenvalue weighted by atomic mass is 10.2. The van der Waals surface area contributed by atoms with E-state index in [0.717, 1.165) is 11.3 Å². The minimum Gasteiger partial charge on any atom is -0.388 e. The molecule has 0 saturated carbocycles. The van der Waals surface area contributed by atoms with Gasteiger partial charge in [-0.1, -0.05) is 12.1 Å². The van der Waals surface area contributed by atoms with E-state index in [1.807, 2.05) is 31.3 Å². The van der Waals surface area contributed by atoms with Crippen LogP contribution in [0.15, 0.2) is 58.4 Å². The van der Waals surface area contributed by atoms with Gasteiger partial charge in [-0.15, -0.1) is 0 Å². The number of primary sulfonamides is 1. The molecular formula is C14H15N3O2S. The lowest BCUT2D eigenvalue weighted by Gasteiger charge is -2.00. The molecule has 0 aliphatic rings. The van der Waals surface area contributed by atoms with Gasteiger partial charge < -0.3 is 5.32 Å². The monoisotopic (exact) mass is 289 g/mol. The number of nitrogens with zero attached hydrogens (tertiary/aromatic N) is 1. The summed E-state index contributed by atoms with van der Waals surface area (Å²) in [6.45, 7) is 0. The second kappa shape index (κ2) is 5.85. The molecule has 0 aliphatic carbocycles. The average molecular weight is 289 g/mol. The quantitative estimate of drug-likeness (QED) is 0.846. The fourth-order valence-electron chi connectivity index (χ4n) is 1.61. The SMILES string of the molecule is CNc1ccc(/C=N/c2ccc(S(N)(=O)=O)cc2)cc1. The summed E-state index contributed by atoms with van der Waals surface area (Å²) < 4.78 is 22.2. The summed E-state index contributed by atoms with van der Waals surface area (Å²) in [5.41, 5.74) is 2.65. The molecule has 0 unspecified atom stereocenters. The van der Waals surface area contributed by atoms with Gasteiger partial charge in [-0.25, -0.2) is 13.6 Å². The summed E-state index contributed by atoms with van der Waals surface area (Å²) >= 11 is 0. The summed E-state index contributed by atoms with van der Waals surface area (Å²) in [5, 5.41) is 8.06. The van der Waals surface area contributed by atoms with Crippen molar-refractivity contribution in [2.75, 3.05) is 12.4 Å². The maximum Gasteiger partial charge on any atom is 0.238 e. The molecular weight excluding hydrogens is 274 g/mol. The van der Waals surface area contributed by atoms with Gasteiger partial charge in [0.2, 0.25) is 10.0 Å². The van der Waals surface area contributed by atoms with Crippen LogP contribution in [-0.2, 0) is 10.0 Å². The van der Waals surface area contributed by atoms with Crippen molar-refractivity contribution in [2.45, 2.75) is 4.90 Å². The molecule has 0 bridgehead atoms. The zero-order chi connectivity index (χ0) is 14.6. The first kappa shape index (κ1) is 14.2. The van der Waals surface area contributed by atoms with E-state index >= 15 is 0 Å². The first-order valence-corrected chi connectivity index (χ1v) is 7.48. The number of anilines is 1. The van der Waals surface area contributed by atoms with Crippen molar-refractivity contribution >= 4 is 27.6 Å². The summed E-state index contributed by atoms with van der Waals surface area (Å²) in [5.74, 6) is 0. The third kappa shape index (κ3) is 3.66. The second-order valence-electron chi connectivity index (χ2n) is 4.17. The van der Waals surface area contributed by atoms with E-state index in [2.05, 4.69) is 10.3 Å². The van der Waals surface area contributed by atoms with Crippen molar-refractivity contribution in [2.24, 2.45) is 10.1 Å². The van der Waals surface area contributed by atoms with Gasteiger partial charge in [-0.05, 0) is 42.0 Å². The number of sulfonamides is 1. The Bertz CT molecular complexity index is 705. The van der Waals surface area contributed by atoms with Crippen LogP contribution in [-0.4, -0.2) is 21.7 Å². The van der Waals surface area contributed by atoms with Crippen LogP contribution in [0.1, 0.15) is 5.56 Å². The smallest absolute Gasteiger partial charge is 0.238 e. The number of aliphatic imine (C=N–C) groups is 1. The van der Waals surface area contributed by atoms with Gasteiger partial charge in [0.15, 0.2) is 0 Å². The summed E-state index contributed by atoms with van der Waals surface area (Å²) in [7, 11) is -1.80. The number of hydrogen-bond acceptors (Lipinski definition) is 4. The molecule has 2 aromatic rings. The molecule has 0 aromatic heterocycles. The summed E-state index contributed by atoms with van der Waals surface area (Å²) in [6, 6.07) is 13.9. The van der Waals surface area contributed by atoms with E-state index in [0.29, 0.717) is 5.69 Å². The molecule has 2 aromatic carbocycles. The molecule has 0 spiro atoms. The van der Waals surface area contributed by atoms with Crippen LogP contribution < -0.4 is 10.5 Å². The fraction of sp³-hybridized carbons (Fsp3) is 0.0714. The van der Waals surface area contributed by atoms with E-state index in [4.69, 9.17) is 5.14 Å². The third-order valence-electron chi connectivity index (χ3n) is 2.73. The molecule has 6 heteroatoms. The van der Waals surface area contributed by atoms with Gasteiger partial charge in [0.25, 0.3) is 0 Å². The zero-order valence-electron chi connectivity index (χ0n) is 10.9. The summed E-state index contributed by atoms with van der Waals surface area (Å²) in [6.07, 6.45) is 1.71. The third-order valence-corrected chi connectivity index (χ3v) is 3.66. The van der Waals surface area contributed by atoms with Gasteiger partial charge in [0.05, 0.1) is 10.6 Å². The van der Waals surface area contributed by atoms with E-state index in [1.165, 1.54) is 12.1 Å². The molecule has 0 fully saturated rings. The molecule has 2 rings (SSSR count). The van der Waals surface area contributed by atoms with Gasteiger partial charge in [-0.2, -0.15) is 0 Å². The number of nitrogens with one attached hydrogen (secondary N) is 1. The Morgan fingerprint density at radius 1 is 1.05 bits per heavy atom. The van der Waals surface area contributed by atoms with Crippen LogP contribution in [0.5, 0.6) is 0 Å². The molecule has 20 heavy (non-hydrogen) atoms. The van der Waals surface area contributed by atoms with Crippen molar-refractivity contribution in [3.63, 3.8) is 0 Å². The average Bonchev–Trinajstić information content (AvgIpc) is 2.45. The highest BCUT2D eigenvalue weighted by atomic mass is 32.2. The minimum absolute atomic E-state index is 0.0785. The highest BCUT2D eigenvalue weighted by Crippen LogP contribution is 2.16. The Labute approximate surface area is 118 Å². The van der Waals surface area contributed by atoms with E-state index < -0.39 is 10.0 Å². The number of nitrogens with two attached hydrogens (primary N) is 1. The highest BCUT2D eigenvalue weighted by molar-refractivity contribution is 7.89. The van der Waals surface area contributed by atoms with Crippen LogP contribution in [0.25, 0.3) is 0 Å². The number of benzene rings is 2. The van der Waals surface area contributed by atoms with Gasteiger partial charge in [-0.3, -0.25) is 4.99 Å². The molecule has 3 N–H and O–H groups in total. The van der Waals surface area contributed by atoms with Crippen LogP contribution >= 0.6 is 0 Å². The Kier molecular flexibility index (Phi) is 4.16. The highest BCUT2D eigenvalue weighted by Gasteiger charge is 2.05. The Hall–Kier alpha value is -2.18. The standard InChI is InChI=1S/C14H15N3O2S/c1-16-12-4-2-11(3-5-12)10-17-13-6-8-14(9-7-13)20(15,18)19/h2-10,16H,1H3,(H2,15,18,19)/b17-10+. The fourth-order valence-corrected chi connectivity index (χ4v) is 2.12. The predicted molar refractivity (Wildman–Crippen MR) is 81.1 cm³/mol. The molecule has 0 amide bonds. The Morgan fingerprint density at radius 3 is 2.15 bits per heavy atom. The molecule has 0 aliphatic heterocycles. The molecule has 0 radical (unpaired) electrons. The lowest BCUT2D eigenvalue weighted by Crippen LogP contribution is -2.11. The minimum atomic E-state index is -3.65. The van der Waals surface area contributed by atoms with Crippen LogP contribution in [0.4, 0.5) is 11.4 Å². The molecule has 104 valence electrons. The summed E-state index contributed by atoms with van der Waals surface area (Å²) in [4.78, 5) is 4.35. The maximum absolute atomic E-state index is 11.1. The first-order chi connectivity index (χ1) is 9.49. The van der Waals surface area contributed by atoms with E-state index in [1.54, 1.807) is 18.3 Å². The Balaban J connectivity index is 2.14. The van der Waals surface area contributed by atoms with Gasteiger partial charge >= 0.3 is 0 Å². The molecule has 5 nitrogen and oxygen atoms in total. The topological polar surface area (TPSA) is 84.5 Å². The van der Waals surface area contributed by atoms with Crippen molar-refractivity contribution in [1.29, 1.82) is 0 Å². The van der Waals surface area contributed by atoms with Crippen LogP contribution in [0.3, 0.4) is 0 Å². The van der Waals surface area contributed by atoms with Crippen LogP contribution in [0, 0.1) is 0 Å². The number of rotatable bonds is 4. The predicted octanol–water partition coefficient (Wildman–Crippen LogP) is 2.13. The lowest BCUT2D eigenvalue weighted by molar-refractivity contribution is 0.598.